The number of hydrogen-bond donors (Lipinski definition) is 2. The lowest BCUT2D eigenvalue weighted by Crippen LogP contribution is -2.48. The van der Waals surface area contributed by atoms with Gasteiger partial charge in [0.15, 0.2) is 11.5 Å². The minimum absolute atomic E-state index is 0.0275. The molecule has 12 heteroatoms. The molecule has 1 aliphatic heterocycles. The molecular formula is C32H42F2N4O6. The van der Waals surface area contributed by atoms with Crippen LogP contribution in [0, 0.1) is 29.6 Å². The van der Waals surface area contributed by atoms with Gasteiger partial charge in [-0.15, -0.1) is 0 Å². The number of nitrogens with zero attached hydrogens (tertiary/aromatic N) is 3. The molecule has 10 nitrogen and oxygen atoms in total. The van der Waals surface area contributed by atoms with Crippen molar-refractivity contribution in [2.75, 3.05) is 20.2 Å². The maximum absolute atomic E-state index is 15.1. The summed E-state index contributed by atoms with van der Waals surface area (Å²) >= 11 is 0. The van der Waals surface area contributed by atoms with E-state index in [-0.39, 0.29) is 59.5 Å². The molecule has 5 rings (SSSR count). The fourth-order valence-electron chi connectivity index (χ4n) is 7.02. The van der Waals surface area contributed by atoms with Crippen molar-refractivity contribution >= 4 is 28.8 Å². The molecule has 2 amide bonds. The molecule has 2 aliphatic carbocycles. The van der Waals surface area contributed by atoms with Crippen LogP contribution in [0.4, 0.5) is 13.6 Å². The third-order valence-corrected chi connectivity index (χ3v) is 9.54. The lowest BCUT2D eigenvalue weighted by Gasteiger charge is -2.27. The Labute approximate surface area is 255 Å². The first-order chi connectivity index (χ1) is 20.9. The van der Waals surface area contributed by atoms with Crippen LogP contribution in [-0.4, -0.2) is 70.1 Å². The molecule has 2 N–H and O–H groups in total. The molecular weight excluding hydrogens is 574 g/mol. The fraction of sp³-hybridized carbons (Fsp3) is 0.656. The summed E-state index contributed by atoms with van der Waals surface area (Å²) in [5.41, 5.74) is -0.242. The number of hydrogen-bond acceptors (Lipinski definition) is 8. The number of ketones is 1. The number of amides is 2. The molecule has 0 bridgehead atoms. The zero-order chi connectivity index (χ0) is 31.8. The highest BCUT2D eigenvalue weighted by molar-refractivity contribution is 5.92. The smallest absolute Gasteiger partial charge is 0.407 e. The van der Waals surface area contributed by atoms with E-state index >= 15 is 8.78 Å². The van der Waals surface area contributed by atoms with Gasteiger partial charge in [-0.1, -0.05) is 27.2 Å². The number of aromatic hydroxyl groups is 1. The predicted molar refractivity (Wildman–Crippen MR) is 157 cm³/mol. The summed E-state index contributed by atoms with van der Waals surface area (Å²) in [6, 6.07) is 4.17. The molecule has 3 unspecified atom stereocenters. The van der Waals surface area contributed by atoms with Crippen molar-refractivity contribution in [3.8, 4) is 11.6 Å². The van der Waals surface area contributed by atoms with E-state index in [1.807, 2.05) is 20.8 Å². The van der Waals surface area contributed by atoms with Crippen molar-refractivity contribution in [3.05, 3.63) is 23.9 Å². The monoisotopic (exact) mass is 616 g/mol. The van der Waals surface area contributed by atoms with Crippen molar-refractivity contribution in [3.63, 3.8) is 0 Å². The van der Waals surface area contributed by atoms with Crippen LogP contribution in [0.15, 0.2) is 18.2 Å². The maximum atomic E-state index is 15.1. The molecule has 3 aliphatic rings. The standard InChI is InChI=1S/C32H42F2N4O6/c1-17(2)28(40)27-18(3)10-12-38(27)26(39)16-35-31(42)44-25-14-19-13-22(19)21(25)7-5-6-11-32(33,34)29-30(41)37-24-15-20(43-4)8-9-23(24)36-29/h8-9,15,17-19,21-22,25,27H,5-7,10-14,16H2,1-4H3,(H,35,42)(H,37,41)/t18-,19?,21-,22?,25?,27+/m1/s1. The number of halogens is 2. The topological polar surface area (TPSA) is 131 Å². The van der Waals surface area contributed by atoms with Crippen molar-refractivity contribution < 1.29 is 37.7 Å². The average molecular weight is 617 g/mol. The molecule has 1 aromatic carbocycles. The minimum Gasteiger partial charge on any atom is -0.497 e. The molecule has 0 radical (unpaired) electrons. The Morgan fingerprint density at radius 1 is 1.16 bits per heavy atom. The molecule has 6 atom stereocenters. The number of unbranched alkanes of at least 4 members (excludes halogenated alkanes) is 1. The number of methoxy groups -OCH3 is 1. The van der Waals surface area contributed by atoms with E-state index in [9.17, 15) is 19.5 Å². The van der Waals surface area contributed by atoms with Crippen molar-refractivity contribution in [2.45, 2.75) is 83.8 Å². The summed E-state index contributed by atoms with van der Waals surface area (Å²) in [5, 5.41) is 12.8. The number of benzene rings is 1. The van der Waals surface area contributed by atoms with Crippen LogP contribution in [-0.2, 0) is 20.2 Å². The van der Waals surface area contributed by atoms with Gasteiger partial charge in [0.1, 0.15) is 18.4 Å². The van der Waals surface area contributed by atoms with Crippen LogP contribution in [0.5, 0.6) is 11.6 Å². The van der Waals surface area contributed by atoms with E-state index in [1.165, 1.54) is 19.2 Å². The van der Waals surface area contributed by atoms with Gasteiger partial charge in [0.2, 0.25) is 11.8 Å². The Kier molecular flexibility index (Phi) is 9.27. The summed E-state index contributed by atoms with van der Waals surface area (Å²) in [4.78, 5) is 47.6. The van der Waals surface area contributed by atoms with Gasteiger partial charge in [-0.25, -0.2) is 14.8 Å². The zero-order valence-corrected chi connectivity index (χ0v) is 25.7. The number of likely N-dealkylation sites (tertiary alicyclic amines) is 1. The molecule has 1 saturated heterocycles. The molecule has 2 heterocycles. The third kappa shape index (κ3) is 6.73. The summed E-state index contributed by atoms with van der Waals surface area (Å²) in [6.07, 6.45) is 2.34. The number of alkyl carbamates (subject to hydrolysis) is 1. The molecule has 2 aromatic rings. The van der Waals surface area contributed by atoms with Gasteiger partial charge >= 0.3 is 6.09 Å². The second kappa shape index (κ2) is 12.8. The molecule has 240 valence electrons. The number of carbonyl (C=O) groups is 3. The highest BCUT2D eigenvalue weighted by Gasteiger charge is 2.54. The first-order valence-electron chi connectivity index (χ1n) is 15.6. The lowest BCUT2D eigenvalue weighted by molar-refractivity contribution is -0.138. The Morgan fingerprint density at radius 3 is 2.66 bits per heavy atom. The van der Waals surface area contributed by atoms with E-state index in [1.54, 1.807) is 11.0 Å². The quantitative estimate of drug-likeness (QED) is 0.311. The number of ether oxygens (including phenoxy) is 2. The largest absolute Gasteiger partial charge is 0.497 e. The third-order valence-electron chi connectivity index (χ3n) is 9.54. The van der Waals surface area contributed by atoms with Gasteiger partial charge in [0.05, 0.1) is 24.2 Å². The highest BCUT2D eigenvalue weighted by Crippen LogP contribution is 2.57. The van der Waals surface area contributed by atoms with Crippen LogP contribution >= 0.6 is 0 Å². The van der Waals surface area contributed by atoms with Crippen LogP contribution in [0.3, 0.4) is 0 Å². The fourth-order valence-corrected chi connectivity index (χ4v) is 7.02. The van der Waals surface area contributed by atoms with Gasteiger partial charge in [-0.3, -0.25) is 9.59 Å². The van der Waals surface area contributed by atoms with Gasteiger partial charge in [-0.05, 0) is 67.9 Å². The van der Waals surface area contributed by atoms with Crippen LogP contribution in [0.25, 0.3) is 11.0 Å². The van der Waals surface area contributed by atoms with Crippen molar-refractivity contribution in [1.29, 1.82) is 0 Å². The van der Waals surface area contributed by atoms with Crippen molar-refractivity contribution in [1.82, 2.24) is 20.2 Å². The first kappa shape index (κ1) is 31.8. The highest BCUT2D eigenvalue weighted by atomic mass is 19.3. The number of fused-ring (bicyclic) bond motifs is 2. The Bertz CT molecular complexity index is 1400. The Balaban J connectivity index is 1.09. The van der Waals surface area contributed by atoms with E-state index in [2.05, 4.69) is 15.3 Å². The van der Waals surface area contributed by atoms with E-state index in [0.29, 0.717) is 37.0 Å². The van der Waals surface area contributed by atoms with E-state index in [0.717, 1.165) is 19.3 Å². The van der Waals surface area contributed by atoms with Gasteiger partial charge < -0.3 is 24.8 Å². The summed E-state index contributed by atoms with van der Waals surface area (Å²) in [7, 11) is 1.47. The maximum Gasteiger partial charge on any atom is 0.407 e. The minimum atomic E-state index is -3.36. The van der Waals surface area contributed by atoms with E-state index < -0.39 is 36.1 Å². The number of alkyl halides is 2. The predicted octanol–water partition coefficient (Wildman–Crippen LogP) is 5.21. The SMILES string of the molecule is COc1ccc2nc(C(F)(F)CCCC[C@H]3C(OC(=O)NCC(=O)N4CC[C@@H](C)[C@H]4C(=O)C(C)C)CC4CC43)c(O)nc2c1. The summed E-state index contributed by atoms with van der Waals surface area (Å²) in [5.74, 6) is -3.12. The van der Waals surface area contributed by atoms with Crippen LogP contribution in [0.2, 0.25) is 0 Å². The molecule has 0 spiro atoms. The first-order valence-corrected chi connectivity index (χ1v) is 15.6. The summed E-state index contributed by atoms with van der Waals surface area (Å²) in [6.45, 7) is 5.84. The number of aromatic nitrogens is 2. The Morgan fingerprint density at radius 2 is 1.93 bits per heavy atom. The Hall–Kier alpha value is -3.57. The van der Waals surface area contributed by atoms with E-state index in [4.69, 9.17) is 9.47 Å². The van der Waals surface area contributed by atoms with Gasteiger partial charge in [-0.2, -0.15) is 8.78 Å². The number of nitrogens with one attached hydrogen (secondary N) is 1. The van der Waals surface area contributed by atoms with Crippen LogP contribution < -0.4 is 10.1 Å². The second-order valence-corrected chi connectivity index (χ2v) is 12.9. The van der Waals surface area contributed by atoms with Gasteiger partial charge in [0, 0.05) is 24.9 Å². The molecule has 1 aromatic heterocycles. The van der Waals surface area contributed by atoms with Crippen molar-refractivity contribution in [2.24, 2.45) is 29.6 Å². The second-order valence-electron chi connectivity index (χ2n) is 12.9. The number of Topliss-reactive ketones (excluding diaryl/α,β-unsaturated/α-hetero) is 1. The van der Waals surface area contributed by atoms with Crippen LogP contribution in [0.1, 0.15) is 71.4 Å². The summed E-state index contributed by atoms with van der Waals surface area (Å²) < 4.78 is 41.0. The van der Waals surface area contributed by atoms with Gasteiger partial charge in [0.25, 0.3) is 5.92 Å². The lowest BCUT2D eigenvalue weighted by atomic mass is 9.92. The molecule has 2 saturated carbocycles. The molecule has 3 fully saturated rings. The average Bonchev–Trinajstić information content (AvgIpc) is 3.51. The molecule has 44 heavy (non-hydrogen) atoms. The normalized spacial score (nSPS) is 26.1. The number of carbonyl (C=O) groups excluding carboxylic acids is 3. The number of rotatable bonds is 12. The zero-order valence-electron chi connectivity index (χ0n) is 25.7.